The molecule has 104 valence electrons. The van der Waals surface area contributed by atoms with Crippen LogP contribution in [0.2, 0.25) is 0 Å². The van der Waals surface area contributed by atoms with E-state index in [1.54, 1.807) is 6.26 Å². The summed E-state index contributed by atoms with van der Waals surface area (Å²) in [6, 6.07) is 2.31. The molecule has 2 heterocycles. The molecule has 0 aliphatic rings. The highest BCUT2D eigenvalue weighted by Crippen LogP contribution is 2.25. The number of furan rings is 1. The standard InChI is InChI=1S/C14H21N3OS/c1-3-5-12-14(19-17-16-12)13(15-7-4-2)9-11-6-8-18-10-11/h6,8,10,13,15H,3-5,7,9H2,1-2H3. The topological polar surface area (TPSA) is 51.0 Å². The lowest BCUT2D eigenvalue weighted by Gasteiger charge is -2.17. The predicted molar refractivity (Wildman–Crippen MR) is 77.4 cm³/mol. The van der Waals surface area contributed by atoms with Gasteiger partial charge in [-0.05, 0) is 49.0 Å². The van der Waals surface area contributed by atoms with Gasteiger partial charge in [0.1, 0.15) is 0 Å². The molecule has 4 nitrogen and oxygen atoms in total. The summed E-state index contributed by atoms with van der Waals surface area (Å²) in [4.78, 5) is 1.27. The summed E-state index contributed by atoms with van der Waals surface area (Å²) >= 11 is 1.52. The molecule has 0 saturated carbocycles. The van der Waals surface area contributed by atoms with Crippen LogP contribution in [-0.4, -0.2) is 16.1 Å². The summed E-state index contributed by atoms with van der Waals surface area (Å²) in [6.45, 7) is 5.36. The third kappa shape index (κ3) is 3.88. The van der Waals surface area contributed by atoms with Gasteiger partial charge in [-0.3, -0.25) is 0 Å². The molecule has 0 aliphatic heterocycles. The van der Waals surface area contributed by atoms with E-state index in [1.165, 1.54) is 22.0 Å². The van der Waals surface area contributed by atoms with Crippen molar-refractivity contribution < 1.29 is 4.42 Å². The van der Waals surface area contributed by atoms with Crippen molar-refractivity contribution in [3.63, 3.8) is 0 Å². The van der Waals surface area contributed by atoms with Gasteiger partial charge in [0.2, 0.25) is 0 Å². The third-order valence-corrected chi connectivity index (χ3v) is 3.93. The molecule has 0 saturated heterocycles. The van der Waals surface area contributed by atoms with Crippen LogP contribution in [0.5, 0.6) is 0 Å². The number of aromatic nitrogens is 2. The van der Waals surface area contributed by atoms with Gasteiger partial charge in [0.05, 0.1) is 23.1 Å². The molecule has 19 heavy (non-hydrogen) atoms. The first-order valence-electron chi connectivity index (χ1n) is 6.90. The van der Waals surface area contributed by atoms with Gasteiger partial charge >= 0.3 is 0 Å². The van der Waals surface area contributed by atoms with Gasteiger partial charge in [0.25, 0.3) is 0 Å². The second-order valence-electron chi connectivity index (χ2n) is 4.68. The lowest BCUT2D eigenvalue weighted by molar-refractivity contribution is 0.522. The SMILES string of the molecule is CCCNC(Cc1ccoc1)c1snnc1CCC. The molecule has 5 heteroatoms. The number of nitrogens with one attached hydrogen (secondary N) is 1. The van der Waals surface area contributed by atoms with E-state index in [9.17, 15) is 0 Å². The minimum atomic E-state index is 0.291. The largest absolute Gasteiger partial charge is 0.472 e. The Bertz CT molecular complexity index is 467. The lowest BCUT2D eigenvalue weighted by Crippen LogP contribution is -2.24. The van der Waals surface area contributed by atoms with Gasteiger partial charge in [-0.15, -0.1) is 5.10 Å². The molecule has 1 N–H and O–H groups in total. The maximum absolute atomic E-state index is 5.16. The van der Waals surface area contributed by atoms with Gasteiger partial charge in [0, 0.05) is 6.04 Å². The Morgan fingerprint density at radius 2 is 2.26 bits per heavy atom. The molecule has 0 aromatic carbocycles. The van der Waals surface area contributed by atoms with Crippen molar-refractivity contribution in [2.75, 3.05) is 6.54 Å². The van der Waals surface area contributed by atoms with Crippen molar-refractivity contribution in [3.05, 3.63) is 34.7 Å². The molecule has 2 aromatic heterocycles. The summed E-state index contributed by atoms with van der Waals surface area (Å²) in [5.41, 5.74) is 2.36. The molecule has 1 unspecified atom stereocenters. The van der Waals surface area contributed by atoms with Gasteiger partial charge in [-0.1, -0.05) is 24.8 Å². The monoisotopic (exact) mass is 279 g/mol. The van der Waals surface area contributed by atoms with E-state index in [1.807, 2.05) is 12.3 Å². The van der Waals surface area contributed by atoms with E-state index in [-0.39, 0.29) is 0 Å². The number of rotatable bonds is 8. The first-order chi connectivity index (χ1) is 9.35. The van der Waals surface area contributed by atoms with Gasteiger partial charge < -0.3 is 9.73 Å². The van der Waals surface area contributed by atoms with Crippen molar-refractivity contribution in [3.8, 4) is 0 Å². The molecule has 0 radical (unpaired) electrons. The number of nitrogens with zero attached hydrogens (tertiary/aromatic N) is 2. The van der Waals surface area contributed by atoms with E-state index < -0.39 is 0 Å². The van der Waals surface area contributed by atoms with Crippen molar-refractivity contribution in [2.24, 2.45) is 0 Å². The molecule has 0 aliphatic carbocycles. The van der Waals surface area contributed by atoms with E-state index in [0.717, 1.165) is 37.9 Å². The Morgan fingerprint density at radius 1 is 1.37 bits per heavy atom. The summed E-state index contributed by atoms with van der Waals surface area (Å²) in [7, 11) is 0. The van der Waals surface area contributed by atoms with Crippen molar-refractivity contribution in [1.29, 1.82) is 0 Å². The summed E-state index contributed by atoms with van der Waals surface area (Å²) in [6.07, 6.45) is 7.69. The maximum Gasteiger partial charge on any atom is 0.0935 e. The van der Waals surface area contributed by atoms with Crippen molar-refractivity contribution in [1.82, 2.24) is 14.9 Å². The summed E-state index contributed by atoms with van der Waals surface area (Å²) in [5, 5.41) is 7.87. The average Bonchev–Trinajstić information content (AvgIpc) is 3.06. The van der Waals surface area contributed by atoms with Crippen molar-refractivity contribution >= 4 is 11.5 Å². The van der Waals surface area contributed by atoms with Crippen LogP contribution in [-0.2, 0) is 12.8 Å². The Labute approximate surface area is 118 Å². The summed E-state index contributed by atoms with van der Waals surface area (Å²) < 4.78 is 9.29. The molecule has 1 atom stereocenters. The predicted octanol–water partition coefficient (Wildman–Crippen LogP) is 3.37. The maximum atomic E-state index is 5.16. The van der Waals surface area contributed by atoms with Crippen molar-refractivity contribution in [2.45, 2.75) is 45.6 Å². The fourth-order valence-electron chi connectivity index (χ4n) is 2.11. The molecule has 2 aromatic rings. The minimum absolute atomic E-state index is 0.291. The second kappa shape index (κ2) is 7.40. The fraction of sp³-hybridized carbons (Fsp3) is 0.571. The van der Waals surface area contributed by atoms with Gasteiger partial charge in [-0.25, -0.2) is 0 Å². The van der Waals surface area contributed by atoms with Crippen LogP contribution in [0.3, 0.4) is 0 Å². The van der Waals surface area contributed by atoms with E-state index in [0.29, 0.717) is 6.04 Å². The lowest BCUT2D eigenvalue weighted by atomic mass is 10.0. The van der Waals surface area contributed by atoms with Gasteiger partial charge in [-0.2, -0.15) is 0 Å². The Balaban J connectivity index is 2.13. The fourth-order valence-corrected chi connectivity index (χ4v) is 2.88. The zero-order valence-electron chi connectivity index (χ0n) is 11.6. The van der Waals surface area contributed by atoms with E-state index in [4.69, 9.17) is 4.42 Å². The normalized spacial score (nSPS) is 12.7. The number of aryl methyl sites for hydroxylation is 1. The van der Waals surface area contributed by atoms with Gasteiger partial charge in [0.15, 0.2) is 0 Å². The zero-order chi connectivity index (χ0) is 13.5. The van der Waals surface area contributed by atoms with E-state index in [2.05, 4.69) is 28.8 Å². The average molecular weight is 279 g/mol. The van der Waals surface area contributed by atoms with Crippen LogP contribution < -0.4 is 5.32 Å². The summed E-state index contributed by atoms with van der Waals surface area (Å²) in [5.74, 6) is 0. The smallest absolute Gasteiger partial charge is 0.0935 e. The molecule has 0 bridgehead atoms. The number of hydrogen-bond acceptors (Lipinski definition) is 5. The minimum Gasteiger partial charge on any atom is -0.472 e. The Morgan fingerprint density at radius 3 is 2.95 bits per heavy atom. The molecule has 0 spiro atoms. The van der Waals surface area contributed by atoms with Crippen LogP contribution in [0.15, 0.2) is 23.0 Å². The second-order valence-corrected chi connectivity index (χ2v) is 5.46. The first-order valence-corrected chi connectivity index (χ1v) is 7.68. The zero-order valence-corrected chi connectivity index (χ0v) is 12.4. The van der Waals surface area contributed by atoms with E-state index >= 15 is 0 Å². The first kappa shape index (κ1) is 14.2. The molecular formula is C14H21N3OS. The highest BCUT2D eigenvalue weighted by Gasteiger charge is 2.19. The molecular weight excluding hydrogens is 258 g/mol. The highest BCUT2D eigenvalue weighted by atomic mass is 32.1. The Hall–Kier alpha value is -1.20. The Kier molecular flexibility index (Phi) is 5.54. The molecule has 0 amide bonds. The molecule has 2 rings (SSSR count). The highest BCUT2D eigenvalue weighted by molar-refractivity contribution is 7.05. The van der Waals surface area contributed by atoms with Crippen LogP contribution in [0.1, 0.15) is 48.9 Å². The van der Waals surface area contributed by atoms with Crippen LogP contribution >= 0.6 is 11.5 Å². The van der Waals surface area contributed by atoms with Crippen LogP contribution in [0, 0.1) is 0 Å². The quantitative estimate of drug-likeness (QED) is 0.805. The molecule has 0 fully saturated rings. The number of hydrogen-bond donors (Lipinski definition) is 1. The van der Waals surface area contributed by atoms with Crippen LogP contribution in [0.25, 0.3) is 0 Å². The third-order valence-electron chi connectivity index (χ3n) is 3.05. The van der Waals surface area contributed by atoms with Crippen LogP contribution in [0.4, 0.5) is 0 Å².